The molecular formula is C23H22ClNO3. The third-order valence-electron chi connectivity index (χ3n) is 4.39. The molecule has 4 nitrogen and oxygen atoms in total. The summed E-state index contributed by atoms with van der Waals surface area (Å²) >= 11 is 6.42. The third-order valence-corrected chi connectivity index (χ3v) is 4.71. The quantitative estimate of drug-likeness (QED) is 0.410. The second-order valence-corrected chi connectivity index (χ2v) is 6.80. The smallest absolute Gasteiger partial charge is 0.194 e. The fourth-order valence-electron chi connectivity index (χ4n) is 2.92. The number of aryl methyl sites for hydroxylation is 1. The lowest BCUT2D eigenvalue weighted by molar-refractivity contribution is 0.0818. The normalized spacial score (nSPS) is 10.7. The van der Waals surface area contributed by atoms with E-state index in [1.807, 2.05) is 61.5 Å². The summed E-state index contributed by atoms with van der Waals surface area (Å²) in [4.78, 5) is 12.8. The van der Waals surface area contributed by atoms with Crippen molar-refractivity contribution in [3.05, 3.63) is 94.0 Å². The highest BCUT2D eigenvalue weighted by atomic mass is 35.5. The van der Waals surface area contributed by atoms with Gasteiger partial charge in [0, 0.05) is 28.1 Å². The van der Waals surface area contributed by atoms with Crippen LogP contribution in [0.2, 0.25) is 5.02 Å². The highest BCUT2D eigenvalue weighted by molar-refractivity contribution is 6.35. The molecule has 0 aromatic heterocycles. The lowest BCUT2D eigenvalue weighted by atomic mass is 9.99. The minimum Gasteiger partial charge on any atom is -0.394 e. The number of anilines is 2. The molecule has 0 amide bonds. The second kappa shape index (κ2) is 9.51. The SMILES string of the molecule is Cc1ccccc1C(=O)c1ccc(Nc2ccccc2COCCO)cc1Cl. The predicted octanol–water partition coefficient (Wildman–Crippen LogP) is 5.13. The maximum absolute atomic E-state index is 12.8. The summed E-state index contributed by atoms with van der Waals surface area (Å²) in [5.41, 5.74) is 4.67. The van der Waals surface area contributed by atoms with Crippen LogP contribution in [0.15, 0.2) is 66.7 Å². The van der Waals surface area contributed by atoms with Gasteiger partial charge < -0.3 is 15.2 Å². The van der Waals surface area contributed by atoms with Gasteiger partial charge in [0.1, 0.15) is 0 Å². The van der Waals surface area contributed by atoms with Gasteiger partial charge in [-0.15, -0.1) is 0 Å². The lowest BCUT2D eigenvalue weighted by Crippen LogP contribution is -2.05. The Morgan fingerprint density at radius 1 is 1.04 bits per heavy atom. The number of hydrogen-bond acceptors (Lipinski definition) is 4. The van der Waals surface area contributed by atoms with Gasteiger partial charge in [0.2, 0.25) is 0 Å². The maximum Gasteiger partial charge on any atom is 0.194 e. The van der Waals surface area contributed by atoms with Gasteiger partial charge in [-0.2, -0.15) is 0 Å². The minimum atomic E-state index is -0.0903. The van der Waals surface area contributed by atoms with E-state index in [4.69, 9.17) is 21.4 Å². The molecule has 3 rings (SSSR count). The second-order valence-electron chi connectivity index (χ2n) is 6.40. The summed E-state index contributed by atoms with van der Waals surface area (Å²) in [6, 6.07) is 20.5. The molecule has 28 heavy (non-hydrogen) atoms. The van der Waals surface area contributed by atoms with Crippen molar-refractivity contribution >= 4 is 28.8 Å². The number of carbonyl (C=O) groups excluding carboxylic acids is 1. The number of aliphatic hydroxyl groups is 1. The molecule has 0 radical (unpaired) electrons. The van der Waals surface area contributed by atoms with E-state index in [2.05, 4.69) is 5.32 Å². The number of halogens is 1. The van der Waals surface area contributed by atoms with Gasteiger partial charge in [-0.25, -0.2) is 0 Å². The summed E-state index contributed by atoms with van der Waals surface area (Å²) in [6.45, 7) is 2.58. The van der Waals surface area contributed by atoms with Crippen LogP contribution in [0.25, 0.3) is 0 Å². The average molecular weight is 396 g/mol. The Morgan fingerprint density at radius 3 is 2.54 bits per heavy atom. The van der Waals surface area contributed by atoms with E-state index in [9.17, 15) is 4.79 Å². The van der Waals surface area contributed by atoms with Gasteiger partial charge >= 0.3 is 0 Å². The van der Waals surface area contributed by atoms with Crippen molar-refractivity contribution in [3.8, 4) is 0 Å². The molecule has 0 aliphatic rings. The monoisotopic (exact) mass is 395 g/mol. The number of ketones is 1. The number of benzene rings is 3. The van der Waals surface area contributed by atoms with Crippen LogP contribution in [0.3, 0.4) is 0 Å². The summed E-state index contributed by atoms with van der Waals surface area (Å²) in [7, 11) is 0. The lowest BCUT2D eigenvalue weighted by Gasteiger charge is -2.14. The van der Waals surface area contributed by atoms with Crippen LogP contribution >= 0.6 is 11.6 Å². The van der Waals surface area contributed by atoms with Crippen molar-refractivity contribution in [3.63, 3.8) is 0 Å². The molecule has 0 heterocycles. The molecule has 3 aromatic rings. The maximum atomic E-state index is 12.8. The number of nitrogens with one attached hydrogen (secondary N) is 1. The van der Waals surface area contributed by atoms with Gasteiger partial charge in [-0.1, -0.05) is 54.1 Å². The Balaban J connectivity index is 1.80. The van der Waals surface area contributed by atoms with Crippen LogP contribution in [0.4, 0.5) is 11.4 Å². The molecule has 0 bridgehead atoms. The van der Waals surface area contributed by atoms with Crippen LogP contribution in [-0.2, 0) is 11.3 Å². The zero-order valence-corrected chi connectivity index (χ0v) is 16.4. The molecule has 0 saturated carbocycles. The number of para-hydroxylation sites is 1. The fraction of sp³-hybridized carbons (Fsp3) is 0.174. The average Bonchev–Trinajstić information content (AvgIpc) is 2.69. The van der Waals surface area contributed by atoms with Crippen LogP contribution in [-0.4, -0.2) is 24.1 Å². The van der Waals surface area contributed by atoms with E-state index in [0.717, 1.165) is 22.5 Å². The van der Waals surface area contributed by atoms with Gasteiger partial charge in [-0.05, 0) is 36.8 Å². The van der Waals surface area contributed by atoms with E-state index >= 15 is 0 Å². The molecule has 0 saturated heterocycles. The highest BCUT2D eigenvalue weighted by Gasteiger charge is 2.15. The first-order chi connectivity index (χ1) is 13.6. The molecule has 144 valence electrons. The minimum absolute atomic E-state index is 0.0123. The van der Waals surface area contributed by atoms with Crippen molar-refractivity contribution in [2.24, 2.45) is 0 Å². The molecule has 0 aliphatic carbocycles. The molecular weight excluding hydrogens is 374 g/mol. The number of carbonyl (C=O) groups is 1. The number of ether oxygens (including phenoxy) is 1. The largest absolute Gasteiger partial charge is 0.394 e. The van der Waals surface area contributed by atoms with Gasteiger partial charge in [0.15, 0.2) is 5.78 Å². The molecule has 5 heteroatoms. The molecule has 0 fully saturated rings. The fourth-order valence-corrected chi connectivity index (χ4v) is 3.19. The standard InChI is InChI=1S/C23H22ClNO3/c1-16-6-2-4-8-19(16)23(27)20-11-10-18(14-21(20)24)25-22-9-5-3-7-17(22)15-28-13-12-26/h2-11,14,25-26H,12-13,15H2,1H3. The Kier molecular flexibility index (Phi) is 6.82. The van der Waals surface area contributed by atoms with E-state index < -0.39 is 0 Å². The zero-order valence-electron chi connectivity index (χ0n) is 15.6. The van der Waals surface area contributed by atoms with Gasteiger partial charge in [0.25, 0.3) is 0 Å². The predicted molar refractivity (Wildman–Crippen MR) is 113 cm³/mol. The highest BCUT2D eigenvalue weighted by Crippen LogP contribution is 2.28. The van der Waals surface area contributed by atoms with Crippen molar-refractivity contribution in [1.82, 2.24) is 0 Å². The van der Waals surface area contributed by atoms with Crippen LogP contribution < -0.4 is 5.32 Å². The molecule has 0 spiro atoms. The Labute approximate surface area is 169 Å². The number of rotatable bonds is 8. The first kappa shape index (κ1) is 20.1. The summed E-state index contributed by atoms with van der Waals surface area (Å²) in [6.07, 6.45) is 0. The Morgan fingerprint density at radius 2 is 1.79 bits per heavy atom. The van der Waals surface area contributed by atoms with Gasteiger partial charge in [-0.3, -0.25) is 4.79 Å². The molecule has 0 atom stereocenters. The summed E-state index contributed by atoms with van der Waals surface area (Å²) in [5.74, 6) is -0.0903. The van der Waals surface area contributed by atoms with Crippen molar-refractivity contribution in [2.45, 2.75) is 13.5 Å². The molecule has 0 unspecified atom stereocenters. The number of hydrogen-bond donors (Lipinski definition) is 2. The van der Waals surface area contributed by atoms with Crippen LogP contribution in [0, 0.1) is 6.92 Å². The van der Waals surface area contributed by atoms with E-state index in [-0.39, 0.29) is 19.0 Å². The van der Waals surface area contributed by atoms with Crippen molar-refractivity contribution in [1.29, 1.82) is 0 Å². The Hall–Kier alpha value is -2.66. The third kappa shape index (κ3) is 4.78. The topological polar surface area (TPSA) is 58.6 Å². The molecule has 2 N–H and O–H groups in total. The van der Waals surface area contributed by atoms with Crippen LogP contribution in [0.1, 0.15) is 27.0 Å². The van der Waals surface area contributed by atoms with Crippen LogP contribution in [0.5, 0.6) is 0 Å². The van der Waals surface area contributed by atoms with Crippen molar-refractivity contribution in [2.75, 3.05) is 18.5 Å². The number of aliphatic hydroxyl groups excluding tert-OH is 1. The summed E-state index contributed by atoms with van der Waals surface area (Å²) < 4.78 is 5.42. The zero-order chi connectivity index (χ0) is 19.9. The van der Waals surface area contributed by atoms with Crippen molar-refractivity contribution < 1.29 is 14.6 Å². The van der Waals surface area contributed by atoms with E-state index in [1.54, 1.807) is 12.1 Å². The molecule has 3 aromatic carbocycles. The first-order valence-corrected chi connectivity index (χ1v) is 9.41. The summed E-state index contributed by atoms with van der Waals surface area (Å²) in [5, 5.41) is 12.6. The van der Waals surface area contributed by atoms with E-state index in [1.165, 1.54) is 0 Å². The molecule has 0 aliphatic heterocycles. The van der Waals surface area contributed by atoms with Gasteiger partial charge in [0.05, 0.1) is 24.8 Å². The first-order valence-electron chi connectivity index (χ1n) is 9.03. The van der Waals surface area contributed by atoms with E-state index in [0.29, 0.717) is 22.8 Å². The Bertz CT molecular complexity index is 972.